The second kappa shape index (κ2) is 5.40. The van der Waals surface area contributed by atoms with Crippen LogP contribution in [0.3, 0.4) is 0 Å². The Morgan fingerprint density at radius 3 is 2.57 bits per heavy atom. The third kappa shape index (κ3) is 4.27. The Morgan fingerprint density at radius 2 is 2.10 bits per heavy atom. The summed E-state index contributed by atoms with van der Waals surface area (Å²) in [4.78, 5) is 15.7. The summed E-state index contributed by atoms with van der Waals surface area (Å²) in [6.45, 7) is 5.46. The molecule has 0 unspecified atom stereocenters. The van der Waals surface area contributed by atoms with E-state index in [4.69, 9.17) is 16.3 Å². The quantitative estimate of drug-likeness (QED) is 0.891. The van der Waals surface area contributed by atoms with Gasteiger partial charge in [0.05, 0.1) is 16.9 Å². The molecule has 1 aliphatic carbocycles. The van der Waals surface area contributed by atoms with E-state index >= 15 is 0 Å². The van der Waals surface area contributed by atoms with Crippen molar-refractivity contribution >= 4 is 17.7 Å². The lowest BCUT2D eigenvalue weighted by molar-refractivity contribution is -0.0875. The summed E-state index contributed by atoms with van der Waals surface area (Å²) in [6, 6.07) is 1.42. The van der Waals surface area contributed by atoms with Crippen LogP contribution in [-0.2, 0) is 0 Å². The van der Waals surface area contributed by atoms with Gasteiger partial charge in [0, 0.05) is 30.4 Å². The molecule has 1 heterocycles. The van der Waals surface area contributed by atoms with Crippen molar-refractivity contribution in [2.75, 3.05) is 0 Å². The summed E-state index contributed by atoms with van der Waals surface area (Å²) in [5.41, 5.74) is -0.00246. The predicted molar refractivity (Wildman–Crippen MR) is 75.1 cm³/mol. The van der Waals surface area contributed by atoms with Gasteiger partial charge in [0.1, 0.15) is 0 Å². The Hall–Kier alpha value is -1.43. The number of pyridine rings is 1. The normalized spacial score (nSPS) is 18.0. The molecule has 0 saturated heterocycles. The Kier molecular flexibility index (Phi) is 4.10. The summed E-state index contributed by atoms with van der Waals surface area (Å²) < 4.78 is 30.8. The van der Waals surface area contributed by atoms with Gasteiger partial charge in [-0.05, 0) is 20.8 Å². The molecule has 1 saturated carbocycles. The summed E-state index contributed by atoms with van der Waals surface area (Å²) >= 11 is 6.03. The molecule has 0 aromatic carbocycles. The minimum atomic E-state index is -2.63. The van der Waals surface area contributed by atoms with Crippen molar-refractivity contribution in [1.29, 1.82) is 0 Å². The van der Waals surface area contributed by atoms with Crippen LogP contribution in [0, 0.1) is 0 Å². The highest BCUT2D eigenvalue weighted by molar-refractivity contribution is 6.31. The van der Waals surface area contributed by atoms with Crippen molar-refractivity contribution in [2.24, 2.45) is 0 Å². The Bertz CT molecular complexity index is 550. The number of carbonyl (C=O) groups is 1. The van der Waals surface area contributed by atoms with E-state index in [1.54, 1.807) is 0 Å². The first-order valence-corrected chi connectivity index (χ1v) is 6.97. The van der Waals surface area contributed by atoms with Gasteiger partial charge < -0.3 is 10.1 Å². The number of nitrogens with one attached hydrogen (secondary N) is 1. The lowest BCUT2D eigenvalue weighted by Gasteiger charge is -2.34. The molecule has 4 nitrogen and oxygen atoms in total. The molecule has 116 valence electrons. The number of aromatic nitrogens is 1. The fourth-order valence-corrected chi connectivity index (χ4v) is 2.39. The highest BCUT2D eigenvalue weighted by Gasteiger charge is 2.47. The Balaban J connectivity index is 2.01. The number of nitrogens with zero attached hydrogens (tertiary/aromatic N) is 1. The van der Waals surface area contributed by atoms with E-state index < -0.39 is 17.6 Å². The molecule has 0 atom stereocenters. The maximum atomic E-state index is 12.9. The number of rotatable bonds is 2. The number of alkyl halides is 2. The van der Waals surface area contributed by atoms with E-state index in [1.807, 2.05) is 20.8 Å². The highest BCUT2D eigenvalue weighted by atomic mass is 35.5. The van der Waals surface area contributed by atoms with Crippen LogP contribution in [0.25, 0.3) is 0 Å². The van der Waals surface area contributed by atoms with Gasteiger partial charge in [-0.2, -0.15) is 0 Å². The SMILES string of the molecule is CC(C)(C)NC(=O)Oc1cnc(C2CC(F)(F)C2)c(Cl)c1. The van der Waals surface area contributed by atoms with Crippen molar-refractivity contribution in [3.8, 4) is 5.75 Å². The number of carbonyl (C=O) groups excluding carboxylic acids is 1. The molecule has 1 fully saturated rings. The second-order valence-corrected chi connectivity index (χ2v) is 6.67. The summed E-state index contributed by atoms with van der Waals surface area (Å²) in [5, 5.41) is 2.86. The molecule has 1 amide bonds. The van der Waals surface area contributed by atoms with Gasteiger partial charge in [-0.25, -0.2) is 13.6 Å². The fourth-order valence-electron chi connectivity index (χ4n) is 2.08. The van der Waals surface area contributed by atoms with Crippen LogP contribution in [0.4, 0.5) is 13.6 Å². The standard InChI is InChI=1S/C14H17ClF2N2O2/c1-13(2,3)19-12(20)21-9-4-10(15)11(18-7-9)8-5-14(16,17)6-8/h4,7-8H,5-6H2,1-3H3,(H,19,20). The molecule has 0 radical (unpaired) electrons. The number of ether oxygens (including phenoxy) is 1. The number of hydrogen-bond donors (Lipinski definition) is 1. The topological polar surface area (TPSA) is 51.2 Å². The minimum absolute atomic E-state index is 0.177. The van der Waals surface area contributed by atoms with Gasteiger partial charge >= 0.3 is 6.09 Å². The molecule has 2 rings (SSSR count). The molecule has 0 spiro atoms. The first-order chi connectivity index (χ1) is 9.56. The average molecular weight is 319 g/mol. The maximum absolute atomic E-state index is 12.9. The molecular weight excluding hydrogens is 302 g/mol. The first kappa shape index (κ1) is 15.9. The smallest absolute Gasteiger partial charge is 0.409 e. The van der Waals surface area contributed by atoms with Gasteiger partial charge in [0.15, 0.2) is 5.75 Å². The van der Waals surface area contributed by atoms with E-state index in [9.17, 15) is 13.6 Å². The lowest BCUT2D eigenvalue weighted by Crippen LogP contribution is -2.42. The van der Waals surface area contributed by atoms with Crippen LogP contribution in [0.15, 0.2) is 12.3 Å². The van der Waals surface area contributed by atoms with Crippen LogP contribution in [0.5, 0.6) is 5.75 Å². The Labute approximate surface area is 126 Å². The number of halogens is 3. The van der Waals surface area contributed by atoms with Gasteiger partial charge in [-0.1, -0.05) is 11.6 Å². The number of amides is 1. The van der Waals surface area contributed by atoms with Crippen molar-refractivity contribution in [3.63, 3.8) is 0 Å². The fraction of sp³-hybridized carbons (Fsp3) is 0.571. The minimum Gasteiger partial charge on any atom is -0.409 e. The van der Waals surface area contributed by atoms with Crippen LogP contribution >= 0.6 is 11.6 Å². The lowest BCUT2D eigenvalue weighted by atomic mass is 9.79. The summed E-state index contributed by atoms with van der Waals surface area (Å²) in [5.74, 6) is -2.79. The van der Waals surface area contributed by atoms with Crippen molar-refractivity contribution in [3.05, 3.63) is 23.0 Å². The molecule has 21 heavy (non-hydrogen) atoms. The third-order valence-electron chi connectivity index (χ3n) is 3.01. The van der Waals surface area contributed by atoms with Gasteiger partial charge in [-0.3, -0.25) is 4.98 Å². The molecule has 1 aromatic heterocycles. The maximum Gasteiger partial charge on any atom is 0.413 e. The highest BCUT2D eigenvalue weighted by Crippen LogP contribution is 2.49. The van der Waals surface area contributed by atoms with Crippen molar-refractivity contribution < 1.29 is 18.3 Å². The van der Waals surface area contributed by atoms with Crippen LogP contribution in [-0.4, -0.2) is 22.5 Å². The first-order valence-electron chi connectivity index (χ1n) is 6.59. The van der Waals surface area contributed by atoms with E-state index in [1.165, 1.54) is 12.3 Å². The van der Waals surface area contributed by atoms with Gasteiger partial charge in [-0.15, -0.1) is 0 Å². The molecular formula is C14H17ClF2N2O2. The van der Waals surface area contributed by atoms with E-state index in [0.717, 1.165) is 0 Å². The molecule has 1 aliphatic rings. The van der Waals surface area contributed by atoms with Crippen LogP contribution < -0.4 is 10.1 Å². The monoisotopic (exact) mass is 318 g/mol. The molecule has 7 heteroatoms. The average Bonchev–Trinajstić information content (AvgIpc) is 2.23. The van der Waals surface area contributed by atoms with Crippen LogP contribution in [0.2, 0.25) is 5.02 Å². The van der Waals surface area contributed by atoms with Crippen LogP contribution in [0.1, 0.15) is 45.2 Å². The third-order valence-corrected chi connectivity index (χ3v) is 3.31. The van der Waals surface area contributed by atoms with E-state index in [0.29, 0.717) is 5.69 Å². The molecule has 0 bridgehead atoms. The summed E-state index contributed by atoms with van der Waals surface area (Å²) in [6.07, 6.45) is 0.206. The van der Waals surface area contributed by atoms with Crippen molar-refractivity contribution in [1.82, 2.24) is 10.3 Å². The molecule has 0 aliphatic heterocycles. The predicted octanol–water partition coefficient (Wildman–Crippen LogP) is 4.13. The van der Waals surface area contributed by atoms with Gasteiger partial charge in [0.25, 0.3) is 0 Å². The zero-order chi connectivity index (χ0) is 15.8. The zero-order valence-electron chi connectivity index (χ0n) is 12.0. The largest absolute Gasteiger partial charge is 0.413 e. The number of hydrogen-bond acceptors (Lipinski definition) is 3. The molecule has 1 aromatic rings. The Morgan fingerprint density at radius 1 is 1.48 bits per heavy atom. The zero-order valence-corrected chi connectivity index (χ0v) is 12.8. The van der Waals surface area contributed by atoms with Crippen molar-refractivity contribution in [2.45, 2.75) is 51.0 Å². The van der Waals surface area contributed by atoms with E-state index in [-0.39, 0.29) is 29.5 Å². The van der Waals surface area contributed by atoms with Gasteiger partial charge in [0.2, 0.25) is 5.92 Å². The summed E-state index contributed by atoms with van der Waals surface area (Å²) in [7, 11) is 0. The molecule has 1 N–H and O–H groups in total. The second-order valence-electron chi connectivity index (χ2n) is 6.26. The van der Waals surface area contributed by atoms with E-state index in [2.05, 4.69) is 10.3 Å².